The van der Waals surface area contributed by atoms with Gasteiger partial charge in [-0.25, -0.2) is 0 Å². The highest BCUT2D eigenvalue weighted by Gasteiger charge is 2.35. The summed E-state index contributed by atoms with van der Waals surface area (Å²) in [7, 11) is 1.61. The molecule has 5 nitrogen and oxygen atoms in total. The molecule has 0 saturated carbocycles. The summed E-state index contributed by atoms with van der Waals surface area (Å²) in [4.78, 5) is 14.1. The molecule has 0 spiro atoms. The molecular formula is C22H21N3O2S2. The quantitative estimate of drug-likeness (QED) is 0.612. The number of carbonyl (C=O) groups excluding carboxylic acids is 1. The number of rotatable bonds is 7. The van der Waals surface area contributed by atoms with Crippen LogP contribution in [0.15, 0.2) is 77.0 Å². The Bertz CT molecular complexity index is 1020. The first-order chi connectivity index (χ1) is 14.1. The lowest BCUT2D eigenvalue weighted by atomic mass is 9.86. The average molecular weight is 424 g/mol. The molecule has 1 aliphatic rings. The third kappa shape index (κ3) is 4.56. The van der Waals surface area contributed by atoms with Crippen molar-refractivity contribution in [2.75, 3.05) is 18.2 Å². The predicted octanol–water partition coefficient (Wildman–Crippen LogP) is 5.01. The lowest BCUT2D eigenvalue weighted by Crippen LogP contribution is -2.30. The molecule has 1 aliphatic heterocycles. The van der Waals surface area contributed by atoms with Crippen LogP contribution in [-0.4, -0.2) is 18.8 Å². The van der Waals surface area contributed by atoms with Crippen molar-refractivity contribution in [2.45, 2.75) is 12.8 Å². The fourth-order valence-electron chi connectivity index (χ4n) is 3.07. The summed E-state index contributed by atoms with van der Waals surface area (Å²) in [6, 6.07) is 15.4. The van der Waals surface area contributed by atoms with Gasteiger partial charge in [0, 0.05) is 27.6 Å². The third-order valence-corrected chi connectivity index (χ3v) is 6.48. The number of hydrogen-bond donors (Lipinski definition) is 2. The van der Waals surface area contributed by atoms with E-state index in [2.05, 4.69) is 23.3 Å². The summed E-state index contributed by atoms with van der Waals surface area (Å²) in [5.41, 5.74) is 2.47. The molecule has 1 atom stereocenters. The molecule has 7 heteroatoms. The zero-order valence-corrected chi connectivity index (χ0v) is 17.8. The fourth-order valence-corrected chi connectivity index (χ4v) is 4.84. The number of carbonyl (C=O) groups is 1. The molecule has 1 aromatic heterocycles. The second-order valence-corrected chi connectivity index (χ2v) is 8.34. The van der Waals surface area contributed by atoms with Crippen molar-refractivity contribution in [2.24, 2.45) is 0 Å². The van der Waals surface area contributed by atoms with Gasteiger partial charge in [0.25, 0.3) is 5.91 Å². The number of amides is 1. The van der Waals surface area contributed by atoms with Crippen LogP contribution in [-0.2, 0) is 4.79 Å². The number of thioether (sulfide) groups is 1. The van der Waals surface area contributed by atoms with Crippen molar-refractivity contribution in [3.05, 3.63) is 81.9 Å². The van der Waals surface area contributed by atoms with E-state index < -0.39 is 5.92 Å². The molecule has 0 bridgehead atoms. The highest BCUT2D eigenvalue weighted by atomic mass is 32.2. The van der Waals surface area contributed by atoms with Crippen LogP contribution in [0.2, 0.25) is 0 Å². The summed E-state index contributed by atoms with van der Waals surface area (Å²) >= 11 is 2.93. The average Bonchev–Trinajstić information content (AvgIpc) is 3.21. The number of nitriles is 1. The molecule has 2 N–H and O–H groups in total. The number of anilines is 1. The van der Waals surface area contributed by atoms with Gasteiger partial charge < -0.3 is 15.4 Å². The minimum Gasteiger partial charge on any atom is -0.487 e. The maximum atomic E-state index is 13.2. The molecule has 29 heavy (non-hydrogen) atoms. The van der Waals surface area contributed by atoms with Crippen LogP contribution in [0.3, 0.4) is 0 Å². The summed E-state index contributed by atoms with van der Waals surface area (Å²) in [5.74, 6) is -0.0439. The number of nitrogens with zero attached hydrogens (tertiary/aromatic N) is 1. The van der Waals surface area contributed by atoms with Crippen LogP contribution in [0.25, 0.3) is 0 Å². The lowest BCUT2D eigenvalue weighted by Gasteiger charge is -2.29. The van der Waals surface area contributed by atoms with Gasteiger partial charge in [-0.15, -0.1) is 29.7 Å². The zero-order chi connectivity index (χ0) is 20.8. The van der Waals surface area contributed by atoms with Crippen LogP contribution in [0.1, 0.15) is 17.7 Å². The van der Waals surface area contributed by atoms with Crippen LogP contribution >= 0.6 is 23.1 Å². The van der Waals surface area contributed by atoms with Crippen LogP contribution < -0.4 is 15.4 Å². The smallest absolute Gasteiger partial charge is 0.254 e. The van der Waals surface area contributed by atoms with Gasteiger partial charge in [-0.05, 0) is 31.2 Å². The van der Waals surface area contributed by atoms with Crippen molar-refractivity contribution in [1.82, 2.24) is 5.32 Å². The maximum Gasteiger partial charge on any atom is 0.254 e. The lowest BCUT2D eigenvalue weighted by molar-refractivity contribution is -0.113. The number of benzene rings is 1. The van der Waals surface area contributed by atoms with Gasteiger partial charge in [-0.1, -0.05) is 24.3 Å². The van der Waals surface area contributed by atoms with Crippen LogP contribution in [0.4, 0.5) is 5.69 Å². The topological polar surface area (TPSA) is 74.1 Å². The van der Waals surface area contributed by atoms with E-state index in [9.17, 15) is 10.1 Å². The van der Waals surface area contributed by atoms with Crippen molar-refractivity contribution < 1.29 is 9.53 Å². The third-order valence-electron chi connectivity index (χ3n) is 4.36. The number of thiophene rings is 1. The Morgan fingerprint density at radius 2 is 2.14 bits per heavy atom. The molecule has 1 aromatic carbocycles. The van der Waals surface area contributed by atoms with Gasteiger partial charge in [0.15, 0.2) is 5.06 Å². The van der Waals surface area contributed by atoms with Crippen molar-refractivity contribution in [1.29, 1.82) is 5.26 Å². The maximum absolute atomic E-state index is 13.2. The Balaban J connectivity index is 2.05. The molecule has 1 unspecified atom stereocenters. The fraction of sp³-hybridized carbons (Fsp3) is 0.182. The van der Waals surface area contributed by atoms with Gasteiger partial charge in [0.05, 0.1) is 29.7 Å². The first kappa shape index (κ1) is 20.8. The van der Waals surface area contributed by atoms with E-state index in [4.69, 9.17) is 4.74 Å². The second-order valence-electron chi connectivity index (χ2n) is 6.23. The van der Waals surface area contributed by atoms with Gasteiger partial charge in [-0.2, -0.15) is 5.26 Å². The number of ether oxygens (including phenoxy) is 1. The minimum atomic E-state index is -0.467. The van der Waals surface area contributed by atoms with Crippen molar-refractivity contribution in [3.8, 4) is 11.1 Å². The van der Waals surface area contributed by atoms with E-state index in [-0.39, 0.29) is 5.91 Å². The molecule has 2 aromatic rings. The molecule has 0 saturated heterocycles. The number of nitrogens with one attached hydrogen (secondary N) is 2. The Hall–Kier alpha value is -2.95. The monoisotopic (exact) mass is 423 g/mol. The van der Waals surface area contributed by atoms with Crippen molar-refractivity contribution >= 4 is 34.7 Å². The first-order valence-corrected chi connectivity index (χ1v) is 10.7. The Morgan fingerprint density at radius 3 is 2.76 bits per heavy atom. The second kappa shape index (κ2) is 9.50. The molecule has 148 valence electrons. The Kier molecular flexibility index (Phi) is 6.81. The van der Waals surface area contributed by atoms with Crippen molar-refractivity contribution in [3.63, 3.8) is 0 Å². The zero-order valence-electron chi connectivity index (χ0n) is 16.2. The SMILES string of the molecule is C=CCSC1=C(C#N)C(c2ccc(OC)s2)C(C(=O)Nc2ccccc2)=C(C)N1. The number of allylic oxidation sites excluding steroid dienone is 2. The first-order valence-electron chi connectivity index (χ1n) is 8.95. The predicted molar refractivity (Wildman–Crippen MR) is 120 cm³/mol. The van der Waals surface area contributed by atoms with Crippen LogP contribution in [0.5, 0.6) is 5.06 Å². The summed E-state index contributed by atoms with van der Waals surface area (Å²) in [5, 5.41) is 17.6. The number of methoxy groups -OCH3 is 1. The molecule has 3 rings (SSSR count). The van der Waals surface area contributed by atoms with E-state index >= 15 is 0 Å². The normalized spacial score (nSPS) is 16.1. The molecule has 1 amide bonds. The van der Waals surface area contributed by atoms with Gasteiger partial charge in [-0.3, -0.25) is 4.79 Å². The summed E-state index contributed by atoms with van der Waals surface area (Å²) < 4.78 is 5.33. The number of para-hydroxylation sites is 1. The largest absolute Gasteiger partial charge is 0.487 e. The van der Waals surface area contributed by atoms with E-state index in [1.165, 1.54) is 23.1 Å². The Labute approximate surface area is 178 Å². The van der Waals surface area contributed by atoms with Gasteiger partial charge in [0.2, 0.25) is 0 Å². The summed E-state index contributed by atoms with van der Waals surface area (Å²) in [6.45, 7) is 5.61. The molecule has 2 heterocycles. The minimum absolute atomic E-state index is 0.237. The molecular weight excluding hydrogens is 402 g/mol. The summed E-state index contributed by atoms with van der Waals surface area (Å²) in [6.07, 6.45) is 1.79. The van der Waals surface area contributed by atoms with Gasteiger partial charge in [0.1, 0.15) is 0 Å². The Morgan fingerprint density at radius 1 is 1.38 bits per heavy atom. The number of dihydropyridines is 1. The highest BCUT2D eigenvalue weighted by molar-refractivity contribution is 8.03. The van der Waals surface area contributed by atoms with Gasteiger partial charge >= 0.3 is 0 Å². The van der Waals surface area contributed by atoms with E-state index in [1.807, 2.05) is 49.4 Å². The number of hydrogen-bond acceptors (Lipinski definition) is 6. The van der Waals surface area contributed by atoms with E-state index in [1.54, 1.807) is 13.2 Å². The molecule has 0 aliphatic carbocycles. The highest BCUT2D eigenvalue weighted by Crippen LogP contribution is 2.44. The van der Waals surface area contributed by atoms with E-state index in [0.717, 1.165) is 20.7 Å². The molecule has 0 fully saturated rings. The standard InChI is InChI=1S/C22H21N3O2S2/c1-4-12-28-22-16(13-23)20(17-10-11-18(27-3)29-17)19(14(2)24-22)21(26)25-15-8-6-5-7-9-15/h4-11,20,24H,1,12H2,2-3H3,(H,25,26). The molecule has 0 radical (unpaired) electrons. The van der Waals surface area contributed by atoms with Crippen LogP contribution in [0, 0.1) is 11.3 Å². The van der Waals surface area contributed by atoms with E-state index in [0.29, 0.717) is 22.6 Å².